The Morgan fingerprint density at radius 2 is 2.26 bits per heavy atom. The average Bonchev–Trinajstić information content (AvgIpc) is 3.00. The van der Waals surface area contributed by atoms with Gasteiger partial charge in [-0.3, -0.25) is 0 Å². The molecule has 3 rings (SSSR count). The molecule has 0 aliphatic rings. The van der Waals surface area contributed by atoms with Crippen LogP contribution in [-0.4, -0.2) is 9.55 Å². The number of alkyl halides is 1. The van der Waals surface area contributed by atoms with Gasteiger partial charge in [0.15, 0.2) is 0 Å². The van der Waals surface area contributed by atoms with E-state index >= 15 is 0 Å². The lowest BCUT2D eigenvalue weighted by atomic mass is 10.3. The van der Waals surface area contributed by atoms with Crippen molar-refractivity contribution in [3.05, 3.63) is 51.5 Å². The molecule has 0 saturated carbocycles. The zero-order valence-electron chi connectivity index (χ0n) is 9.74. The summed E-state index contributed by atoms with van der Waals surface area (Å²) in [5, 5.41) is 0. The molecule has 3 aromatic rings. The molecule has 0 amide bonds. The Bertz CT molecular complexity index is 724. The van der Waals surface area contributed by atoms with Crippen LogP contribution < -0.4 is 0 Å². The van der Waals surface area contributed by atoms with Crippen LogP contribution in [0.5, 0.6) is 0 Å². The van der Waals surface area contributed by atoms with Gasteiger partial charge in [0.2, 0.25) is 0 Å². The van der Waals surface area contributed by atoms with Gasteiger partial charge in [-0.15, -0.1) is 11.6 Å². The summed E-state index contributed by atoms with van der Waals surface area (Å²) in [6, 6.07) is 5.10. The lowest BCUT2D eigenvalue weighted by molar-refractivity contribution is 0.562. The molecule has 3 nitrogen and oxygen atoms in total. The van der Waals surface area contributed by atoms with Crippen molar-refractivity contribution in [1.82, 2.24) is 9.55 Å². The van der Waals surface area contributed by atoms with Crippen LogP contribution in [-0.2, 0) is 12.4 Å². The van der Waals surface area contributed by atoms with Crippen molar-refractivity contribution in [3.63, 3.8) is 0 Å². The van der Waals surface area contributed by atoms with Crippen molar-refractivity contribution in [2.75, 3.05) is 0 Å². The lowest BCUT2D eigenvalue weighted by Gasteiger charge is -2.06. The Morgan fingerprint density at radius 1 is 1.42 bits per heavy atom. The number of halogens is 3. The zero-order valence-corrected chi connectivity index (χ0v) is 12.7. The van der Waals surface area contributed by atoms with Crippen LogP contribution in [0.15, 0.2) is 35.1 Å². The molecule has 2 aromatic heterocycles. The van der Waals surface area contributed by atoms with E-state index in [2.05, 4.69) is 4.98 Å². The molecular formula is C13H9ClFIN2O. The number of rotatable bonds is 3. The number of furan rings is 1. The van der Waals surface area contributed by atoms with E-state index in [9.17, 15) is 4.39 Å². The summed E-state index contributed by atoms with van der Waals surface area (Å²) < 4.78 is 21.2. The predicted octanol–water partition coefficient (Wildman–Crippen LogP) is 4.16. The van der Waals surface area contributed by atoms with E-state index in [0.29, 0.717) is 10.1 Å². The fourth-order valence-corrected chi connectivity index (χ4v) is 2.67. The van der Waals surface area contributed by atoms with E-state index in [0.717, 1.165) is 22.4 Å². The number of nitrogens with zero attached hydrogens (tertiary/aromatic N) is 2. The minimum absolute atomic E-state index is 0.248. The van der Waals surface area contributed by atoms with Gasteiger partial charge in [-0.1, -0.05) is 0 Å². The number of fused-ring (bicyclic) bond motifs is 1. The summed E-state index contributed by atoms with van der Waals surface area (Å²) in [7, 11) is 0. The van der Waals surface area contributed by atoms with Crippen LogP contribution in [0.2, 0.25) is 0 Å². The van der Waals surface area contributed by atoms with Gasteiger partial charge in [0, 0.05) is 11.6 Å². The van der Waals surface area contributed by atoms with Gasteiger partial charge in [-0.2, -0.15) is 0 Å². The SMILES string of the molecule is Fc1cc2c(cc1I)nc(CCl)n2Cc1ccoc1. The monoisotopic (exact) mass is 390 g/mol. The highest BCUT2D eigenvalue weighted by Crippen LogP contribution is 2.23. The van der Waals surface area contributed by atoms with Crippen molar-refractivity contribution in [2.24, 2.45) is 0 Å². The standard InChI is InChI=1S/C13H9ClFIN2O/c14-5-13-17-11-4-10(16)9(15)3-12(11)18(13)6-8-1-2-19-7-8/h1-4,7H,5-6H2. The maximum Gasteiger partial charge on any atom is 0.138 e. The third-order valence-electron chi connectivity index (χ3n) is 2.91. The number of hydrogen-bond acceptors (Lipinski definition) is 2. The third-order valence-corrected chi connectivity index (χ3v) is 3.98. The molecule has 0 spiro atoms. The largest absolute Gasteiger partial charge is 0.472 e. The minimum atomic E-state index is -0.248. The second kappa shape index (κ2) is 5.13. The quantitative estimate of drug-likeness (QED) is 0.497. The normalized spacial score (nSPS) is 11.3. The van der Waals surface area contributed by atoms with Crippen LogP contribution in [0.1, 0.15) is 11.4 Å². The fraction of sp³-hybridized carbons (Fsp3) is 0.154. The van der Waals surface area contributed by atoms with Crippen molar-refractivity contribution < 1.29 is 8.81 Å². The molecule has 0 saturated heterocycles. The van der Waals surface area contributed by atoms with Gasteiger partial charge < -0.3 is 8.98 Å². The maximum absolute atomic E-state index is 13.7. The van der Waals surface area contributed by atoms with Crippen LogP contribution in [0.4, 0.5) is 4.39 Å². The van der Waals surface area contributed by atoms with Crippen LogP contribution in [0, 0.1) is 9.39 Å². The molecule has 0 bridgehead atoms. The maximum atomic E-state index is 13.7. The van der Waals surface area contributed by atoms with E-state index in [1.54, 1.807) is 18.6 Å². The molecule has 0 radical (unpaired) electrons. The second-order valence-corrected chi connectivity index (χ2v) is 5.56. The summed E-state index contributed by atoms with van der Waals surface area (Å²) in [4.78, 5) is 4.44. The fourth-order valence-electron chi connectivity index (χ4n) is 2.01. The second-order valence-electron chi connectivity index (χ2n) is 4.13. The van der Waals surface area contributed by atoms with Gasteiger partial charge in [0.25, 0.3) is 0 Å². The molecule has 6 heteroatoms. The van der Waals surface area contributed by atoms with Crippen LogP contribution in [0.3, 0.4) is 0 Å². The Labute approximate surface area is 127 Å². The molecule has 19 heavy (non-hydrogen) atoms. The summed E-state index contributed by atoms with van der Waals surface area (Å²) >= 11 is 7.88. The first kappa shape index (κ1) is 12.9. The van der Waals surface area contributed by atoms with Gasteiger partial charge >= 0.3 is 0 Å². The molecule has 0 unspecified atom stereocenters. The Kier molecular flexibility index (Phi) is 3.49. The number of imidazole rings is 1. The van der Waals surface area contributed by atoms with E-state index in [-0.39, 0.29) is 11.7 Å². The zero-order chi connectivity index (χ0) is 13.4. The van der Waals surface area contributed by atoms with Gasteiger partial charge in [0.1, 0.15) is 11.6 Å². The van der Waals surface area contributed by atoms with E-state index in [1.165, 1.54) is 6.07 Å². The van der Waals surface area contributed by atoms with E-state index in [4.69, 9.17) is 16.0 Å². The topological polar surface area (TPSA) is 31.0 Å². The highest BCUT2D eigenvalue weighted by molar-refractivity contribution is 14.1. The summed E-state index contributed by atoms with van der Waals surface area (Å²) in [5.74, 6) is 0.756. The molecular weight excluding hydrogens is 382 g/mol. The summed E-state index contributed by atoms with van der Waals surface area (Å²) in [6.07, 6.45) is 3.27. The Hall–Kier alpha value is -1.08. The first-order chi connectivity index (χ1) is 9.19. The molecule has 0 N–H and O–H groups in total. The molecule has 0 fully saturated rings. The lowest BCUT2D eigenvalue weighted by Crippen LogP contribution is -2.03. The van der Waals surface area contributed by atoms with Gasteiger partial charge in [-0.05, 0) is 34.7 Å². The summed E-state index contributed by atoms with van der Waals surface area (Å²) in [6.45, 7) is 0.565. The highest BCUT2D eigenvalue weighted by Gasteiger charge is 2.13. The average molecular weight is 391 g/mol. The Balaban J connectivity index is 2.17. The highest BCUT2D eigenvalue weighted by atomic mass is 127. The van der Waals surface area contributed by atoms with Gasteiger partial charge in [-0.25, -0.2) is 9.37 Å². The van der Waals surface area contributed by atoms with E-state index < -0.39 is 0 Å². The van der Waals surface area contributed by atoms with Crippen molar-refractivity contribution in [2.45, 2.75) is 12.4 Å². The van der Waals surface area contributed by atoms with Gasteiger partial charge in [0.05, 0.1) is 39.6 Å². The summed E-state index contributed by atoms with van der Waals surface area (Å²) in [5.41, 5.74) is 2.49. The predicted molar refractivity (Wildman–Crippen MR) is 79.8 cm³/mol. The third kappa shape index (κ3) is 2.36. The molecule has 1 aromatic carbocycles. The first-order valence-electron chi connectivity index (χ1n) is 5.60. The van der Waals surface area contributed by atoms with Crippen molar-refractivity contribution in [3.8, 4) is 0 Å². The molecule has 0 aliphatic carbocycles. The van der Waals surface area contributed by atoms with Crippen LogP contribution >= 0.6 is 34.2 Å². The first-order valence-corrected chi connectivity index (χ1v) is 7.21. The van der Waals surface area contributed by atoms with Crippen LogP contribution in [0.25, 0.3) is 11.0 Å². The number of aromatic nitrogens is 2. The molecule has 0 atom stereocenters. The van der Waals surface area contributed by atoms with Crippen molar-refractivity contribution in [1.29, 1.82) is 0 Å². The molecule has 98 valence electrons. The molecule has 0 aliphatic heterocycles. The number of hydrogen-bond donors (Lipinski definition) is 0. The number of benzene rings is 1. The Morgan fingerprint density at radius 3 is 2.95 bits per heavy atom. The smallest absolute Gasteiger partial charge is 0.138 e. The van der Waals surface area contributed by atoms with E-state index in [1.807, 2.05) is 33.2 Å². The minimum Gasteiger partial charge on any atom is -0.472 e. The molecule has 2 heterocycles. The van der Waals surface area contributed by atoms with Crippen molar-refractivity contribution >= 4 is 45.2 Å².